The van der Waals surface area contributed by atoms with Crippen molar-refractivity contribution in [2.45, 2.75) is 12.5 Å². The molecule has 0 aromatic heterocycles. The van der Waals surface area contributed by atoms with E-state index in [9.17, 15) is 10.1 Å². The molecule has 0 aliphatic rings. The maximum atomic E-state index is 10.4. The standard InChI is InChI=1S/C11H14N2O3/c1-8(16-2)11(12)7-9-3-5-10(6-4-9)13(14)15/h3-6,11H,1,7,12H2,2H3. The number of nitrogens with two attached hydrogens (primary N) is 1. The molecule has 0 saturated heterocycles. The molecule has 5 heteroatoms. The zero-order valence-corrected chi connectivity index (χ0v) is 9.05. The number of nitrogens with zero attached hydrogens (tertiary/aromatic N) is 1. The fourth-order valence-electron chi connectivity index (χ4n) is 1.27. The smallest absolute Gasteiger partial charge is 0.269 e. The first-order valence-corrected chi connectivity index (χ1v) is 4.76. The Labute approximate surface area is 93.7 Å². The highest BCUT2D eigenvalue weighted by molar-refractivity contribution is 5.33. The van der Waals surface area contributed by atoms with E-state index in [1.54, 1.807) is 12.1 Å². The van der Waals surface area contributed by atoms with Crippen molar-refractivity contribution in [3.8, 4) is 0 Å². The van der Waals surface area contributed by atoms with Crippen LogP contribution in [0.25, 0.3) is 0 Å². The third kappa shape index (κ3) is 3.06. The van der Waals surface area contributed by atoms with E-state index in [-0.39, 0.29) is 11.7 Å². The van der Waals surface area contributed by atoms with Crippen LogP contribution in [0.3, 0.4) is 0 Å². The van der Waals surface area contributed by atoms with Crippen LogP contribution in [0.1, 0.15) is 5.56 Å². The Balaban J connectivity index is 2.68. The lowest BCUT2D eigenvalue weighted by molar-refractivity contribution is -0.384. The number of hydrogen-bond acceptors (Lipinski definition) is 4. The van der Waals surface area contributed by atoms with Gasteiger partial charge in [-0.25, -0.2) is 0 Å². The Kier molecular flexibility index (Phi) is 4.02. The van der Waals surface area contributed by atoms with Gasteiger partial charge < -0.3 is 10.5 Å². The predicted octanol–water partition coefficient (Wildman–Crippen LogP) is 1.62. The molecule has 1 aromatic rings. The molecule has 0 fully saturated rings. The monoisotopic (exact) mass is 222 g/mol. The number of rotatable bonds is 5. The number of hydrogen-bond donors (Lipinski definition) is 1. The van der Waals surface area contributed by atoms with Crippen LogP contribution in [0.2, 0.25) is 0 Å². The Hall–Kier alpha value is -1.88. The third-order valence-corrected chi connectivity index (χ3v) is 2.28. The van der Waals surface area contributed by atoms with Gasteiger partial charge in [-0.15, -0.1) is 0 Å². The van der Waals surface area contributed by atoms with E-state index in [1.165, 1.54) is 19.2 Å². The van der Waals surface area contributed by atoms with Crippen molar-refractivity contribution in [2.24, 2.45) is 5.73 Å². The fourth-order valence-corrected chi connectivity index (χ4v) is 1.27. The van der Waals surface area contributed by atoms with Gasteiger partial charge in [-0.2, -0.15) is 0 Å². The number of nitro groups is 1. The van der Waals surface area contributed by atoms with Gasteiger partial charge in [0.1, 0.15) is 5.76 Å². The van der Waals surface area contributed by atoms with E-state index >= 15 is 0 Å². The zero-order chi connectivity index (χ0) is 12.1. The van der Waals surface area contributed by atoms with Gasteiger partial charge in [0.15, 0.2) is 0 Å². The molecule has 0 spiro atoms. The summed E-state index contributed by atoms with van der Waals surface area (Å²) in [6.45, 7) is 3.66. The van der Waals surface area contributed by atoms with E-state index in [0.717, 1.165) is 5.56 Å². The molecule has 0 aliphatic carbocycles. The molecule has 0 amide bonds. The summed E-state index contributed by atoms with van der Waals surface area (Å²) < 4.78 is 4.92. The van der Waals surface area contributed by atoms with Gasteiger partial charge in [-0.3, -0.25) is 10.1 Å². The molecule has 1 rings (SSSR count). The van der Waals surface area contributed by atoms with Crippen LogP contribution >= 0.6 is 0 Å². The molecule has 0 heterocycles. The quantitative estimate of drug-likeness (QED) is 0.466. The molecule has 1 atom stereocenters. The van der Waals surface area contributed by atoms with Crippen LogP contribution in [-0.4, -0.2) is 18.1 Å². The summed E-state index contributed by atoms with van der Waals surface area (Å²) in [7, 11) is 1.51. The third-order valence-electron chi connectivity index (χ3n) is 2.28. The van der Waals surface area contributed by atoms with Crippen molar-refractivity contribution in [3.05, 3.63) is 52.3 Å². The molecule has 0 saturated carbocycles. The van der Waals surface area contributed by atoms with Crippen molar-refractivity contribution in [1.82, 2.24) is 0 Å². The topological polar surface area (TPSA) is 78.4 Å². The lowest BCUT2D eigenvalue weighted by atomic mass is 10.1. The van der Waals surface area contributed by atoms with Gasteiger partial charge in [0, 0.05) is 12.1 Å². The van der Waals surface area contributed by atoms with Gasteiger partial charge in [0.25, 0.3) is 5.69 Å². The molecule has 0 bridgehead atoms. The molecule has 0 radical (unpaired) electrons. The second kappa shape index (κ2) is 5.27. The number of ether oxygens (including phenoxy) is 1. The Bertz CT molecular complexity index is 387. The molecule has 0 aliphatic heterocycles. The van der Waals surface area contributed by atoms with Crippen molar-refractivity contribution < 1.29 is 9.66 Å². The normalized spacial score (nSPS) is 11.9. The minimum Gasteiger partial charge on any atom is -0.500 e. The molecule has 5 nitrogen and oxygen atoms in total. The highest BCUT2D eigenvalue weighted by Gasteiger charge is 2.10. The average molecular weight is 222 g/mol. The maximum absolute atomic E-state index is 10.4. The Morgan fingerprint density at radius 1 is 1.56 bits per heavy atom. The van der Waals surface area contributed by atoms with Crippen molar-refractivity contribution >= 4 is 5.69 Å². The Morgan fingerprint density at radius 3 is 2.56 bits per heavy atom. The molecule has 1 aromatic carbocycles. The minimum absolute atomic E-state index is 0.0721. The van der Waals surface area contributed by atoms with E-state index in [0.29, 0.717) is 12.2 Å². The van der Waals surface area contributed by atoms with Crippen molar-refractivity contribution in [1.29, 1.82) is 0 Å². The Morgan fingerprint density at radius 2 is 2.12 bits per heavy atom. The predicted molar refractivity (Wildman–Crippen MR) is 60.9 cm³/mol. The molecule has 2 N–H and O–H groups in total. The zero-order valence-electron chi connectivity index (χ0n) is 9.05. The molecular formula is C11H14N2O3. The summed E-state index contributed by atoms with van der Waals surface area (Å²) in [5, 5.41) is 10.4. The van der Waals surface area contributed by atoms with Crippen LogP contribution in [-0.2, 0) is 11.2 Å². The minimum atomic E-state index is -0.433. The van der Waals surface area contributed by atoms with Crippen molar-refractivity contribution in [3.63, 3.8) is 0 Å². The van der Waals surface area contributed by atoms with Crippen LogP contribution in [0.15, 0.2) is 36.6 Å². The van der Waals surface area contributed by atoms with Crippen LogP contribution in [0.5, 0.6) is 0 Å². The van der Waals surface area contributed by atoms with E-state index in [4.69, 9.17) is 10.5 Å². The highest BCUT2D eigenvalue weighted by atomic mass is 16.6. The number of nitro benzene ring substituents is 1. The van der Waals surface area contributed by atoms with Gasteiger partial charge >= 0.3 is 0 Å². The summed E-state index contributed by atoms with van der Waals surface area (Å²) in [5.74, 6) is 0.498. The summed E-state index contributed by atoms with van der Waals surface area (Å²) in [6, 6.07) is 5.98. The van der Waals surface area contributed by atoms with Crippen LogP contribution < -0.4 is 5.73 Å². The van der Waals surface area contributed by atoms with E-state index in [1.807, 2.05) is 0 Å². The number of non-ortho nitro benzene ring substituents is 1. The van der Waals surface area contributed by atoms with Gasteiger partial charge in [0.2, 0.25) is 0 Å². The first-order chi connectivity index (χ1) is 7.54. The van der Waals surface area contributed by atoms with Crippen LogP contribution in [0, 0.1) is 10.1 Å². The maximum Gasteiger partial charge on any atom is 0.269 e. The largest absolute Gasteiger partial charge is 0.500 e. The van der Waals surface area contributed by atoms with E-state index in [2.05, 4.69) is 6.58 Å². The average Bonchev–Trinajstić information content (AvgIpc) is 2.28. The summed E-state index contributed by atoms with van der Waals surface area (Å²) in [5.41, 5.74) is 6.78. The molecule has 1 unspecified atom stereocenters. The van der Waals surface area contributed by atoms with Crippen molar-refractivity contribution in [2.75, 3.05) is 7.11 Å². The fraction of sp³-hybridized carbons (Fsp3) is 0.273. The highest BCUT2D eigenvalue weighted by Crippen LogP contribution is 2.14. The van der Waals surface area contributed by atoms with E-state index < -0.39 is 4.92 Å². The first kappa shape index (κ1) is 12.2. The second-order valence-corrected chi connectivity index (χ2v) is 3.40. The summed E-state index contributed by atoms with van der Waals surface area (Å²) in [4.78, 5) is 10.0. The summed E-state index contributed by atoms with van der Waals surface area (Å²) >= 11 is 0. The summed E-state index contributed by atoms with van der Waals surface area (Å²) in [6.07, 6.45) is 0.546. The van der Waals surface area contributed by atoms with Crippen LogP contribution in [0.4, 0.5) is 5.69 Å². The molecule has 86 valence electrons. The van der Waals surface area contributed by atoms with Gasteiger partial charge in [0.05, 0.1) is 18.1 Å². The van der Waals surface area contributed by atoms with Gasteiger partial charge in [-0.05, 0) is 12.0 Å². The lowest BCUT2D eigenvalue weighted by Crippen LogP contribution is -2.25. The SMILES string of the molecule is C=C(OC)C(N)Cc1ccc([N+](=O)[O-])cc1. The first-order valence-electron chi connectivity index (χ1n) is 4.76. The molecule has 16 heavy (non-hydrogen) atoms. The second-order valence-electron chi connectivity index (χ2n) is 3.40. The molecular weight excluding hydrogens is 208 g/mol. The number of benzene rings is 1. The lowest BCUT2D eigenvalue weighted by Gasteiger charge is -2.13. The van der Waals surface area contributed by atoms with Gasteiger partial charge in [-0.1, -0.05) is 18.7 Å². The number of methoxy groups -OCH3 is 1.